The first-order valence-corrected chi connectivity index (χ1v) is 14.2. The van der Waals surface area contributed by atoms with Crippen molar-refractivity contribution in [3.63, 3.8) is 0 Å². The molecule has 0 radical (unpaired) electrons. The molecule has 2 fully saturated rings. The van der Waals surface area contributed by atoms with E-state index >= 15 is 0 Å². The van der Waals surface area contributed by atoms with E-state index in [1.54, 1.807) is 13.8 Å². The van der Waals surface area contributed by atoms with Gasteiger partial charge in [0.25, 0.3) is 5.56 Å². The van der Waals surface area contributed by atoms with Crippen molar-refractivity contribution < 1.29 is 37.5 Å². The van der Waals surface area contributed by atoms with Gasteiger partial charge in [0.2, 0.25) is 5.95 Å². The number of imidazole rings is 1. The minimum Gasteiger partial charge on any atom is -0.460 e. The van der Waals surface area contributed by atoms with Gasteiger partial charge in [-0.05, 0) is 13.3 Å². The fourth-order valence-corrected chi connectivity index (χ4v) is 5.83. The van der Waals surface area contributed by atoms with Gasteiger partial charge >= 0.3 is 19.5 Å². The van der Waals surface area contributed by atoms with E-state index in [0.29, 0.717) is 12.2 Å². The number of hydrogen-bond acceptors (Lipinski definition) is 14. The van der Waals surface area contributed by atoms with Crippen LogP contribution in [-0.2, 0) is 32.6 Å². The average Bonchev–Trinajstić information content (AvgIpc) is 3.59. The number of nitrogens with one attached hydrogen (secondary N) is 1. The SMILES string of the molecule is CC[C@H]1O[C@@H](n2cnc(N)nc2=O)CC1OP(=O)(O)OC[C@H]1O[C@@H](n2cnc3c(=O)[nH]c(C)nc32)CC1OC(C)=O. The van der Waals surface area contributed by atoms with Gasteiger partial charge in [0, 0.05) is 19.8 Å². The Bertz CT molecular complexity index is 1610. The van der Waals surface area contributed by atoms with Crippen molar-refractivity contribution in [3.8, 4) is 0 Å². The predicted molar refractivity (Wildman–Crippen MR) is 137 cm³/mol. The molecule has 41 heavy (non-hydrogen) atoms. The van der Waals surface area contributed by atoms with E-state index in [1.807, 2.05) is 0 Å². The number of phosphoric acid groups is 1. The van der Waals surface area contributed by atoms with Gasteiger partial charge < -0.3 is 29.8 Å². The molecular weight excluding hydrogens is 567 g/mol. The summed E-state index contributed by atoms with van der Waals surface area (Å²) in [5.41, 5.74) is 4.70. The van der Waals surface area contributed by atoms with Crippen molar-refractivity contribution in [3.05, 3.63) is 39.3 Å². The van der Waals surface area contributed by atoms with Crippen LogP contribution in [0.1, 0.15) is 51.4 Å². The number of anilines is 1. The largest absolute Gasteiger partial charge is 0.472 e. The van der Waals surface area contributed by atoms with Crippen LogP contribution in [0.15, 0.2) is 22.2 Å². The van der Waals surface area contributed by atoms with Gasteiger partial charge in [-0.3, -0.25) is 27.8 Å². The first-order chi connectivity index (χ1) is 19.4. The molecule has 5 rings (SSSR count). The number of phosphoric ester groups is 1. The molecule has 3 unspecified atom stereocenters. The van der Waals surface area contributed by atoms with Crippen LogP contribution in [0.2, 0.25) is 0 Å². The van der Waals surface area contributed by atoms with Crippen molar-refractivity contribution in [1.29, 1.82) is 0 Å². The standard InChI is InChI=1S/C22H29N8O10P/c1-4-12-14(6-17(38-12)30-9-25-21(23)28-22(30)33)40-41(34,35)36-7-15-13(37-11(3)31)5-16(39-15)29-8-24-18-19(29)26-10(2)27-20(18)32/h8-9,12-17H,4-7H2,1-3H3,(H,34,35)(H2,23,28,33)(H,26,27,32)/t12-,13?,14?,15-,16-,17-/m1/s1. The smallest absolute Gasteiger partial charge is 0.460 e. The Balaban J connectivity index is 1.27. The van der Waals surface area contributed by atoms with E-state index in [4.69, 9.17) is 29.0 Å². The van der Waals surface area contributed by atoms with Crippen LogP contribution in [0.3, 0.4) is 0 Å². The van der Waals surface area contributed by atoms with E-state index in [2.05, 4.69) is 24.9 Å². The van der Waals surface area contributed by atoms with Gasteiger partial charge in [0.15, 0.2) is 11.2 Å². The second-order valence-corrected chi connectivity index (χ2v) is 11.0. The van der Waals surface area contributed by atoms with E-state index in [1.165, 1.54) is 24.1 Å². The molecule has 0 saturated carbocycles. The molecule has 0 aromatic carbocycles. The highest BCUT2D eigenvalue weighted by atomic mass is 31.2. The lowest BCUT2D eigenvalue weighted by Crippen LogP contribution is -2.31. The van der Waals surface area contributed by atoms with Crippen molar-refractivity contribution in [2.24, 2.45) is 0 Å². The number of esters is 1. The van der Waals surface area contributed by atoms with Gasteiger partial charge in [0.05, 0.1) is 25.1 Å². The lowest BCUT2D eigenvalue weighted by Gasteiger charge is -2.23. The number of rotatable bonds is 9. The number of aryl methyl sites for hydroxylation is 1. The van der Waals surface area contributed by atoms with Crippen molar-refractivity contribution in [1.82, 2.24) is 34.1 Å². The number of ether oxygens (including phenoxy) is 3. The molecule has 2 saturated heterocycles. The normalized spacial score (nSPS) is 27.7. The number of nitrogens with two attached hydrogens (primary N) is 1. The number of aromatic amines is 1. The quantitative estimate of drug-likeness (QED) is 0.219. The van der Waals surface area contributed by atoms with E-state index in [-0.39, 0.29) is 30.0 Å². The minimum atomic E-state index is -4.69. The summed E-state index contributed by atoms with van der Waals surface area (Å²) in [4.78, 5) is 65.0. The predicted octanol–water partition coefficient (Wildman–Crippen LogP) is 0.0810. The monoisotopic (exact) mass is 596 g/mol. The summed E-state index contributed by atoms with van der Waals surface area (Å²) in [6.45, 7) is 4.16. The van der Waals surface area contributed by atoms with Gasteiger partial charge in [-0.15, -0.1) is 0 Å². The third-order valence-electron chi connectivity index (χ3n) is 6.67. The Morgan fingerprint density at radius 3 is 2.54 bits per heavy atom. The Labute approximate surface area is 231 Å². The van der Waals surface area contributed by atoms with Crippen LogP contribution < -0.4 is 17.0 Å². The third-order valence-corrected chi connectivity index (χ3v) is 7.68. The number of carbonyl (C=O) groups is 1. The molecule has 0 aliphatic carbocycles. The summed E-state index contributed by atoms with van der Waals surface area (Å²) in [5.74, 6) is -0.410. The molecule has 4 N–H and O–H groups in total. The summed E-state index contributed by atoms with van der Waals surface area (Å²) >= 11 is 0. The summed E-state index contributed by atoms with van der Waals surface area (Å²) < 4.78 is 43.5. The summed E-state index contributed by atoms with van der Waals surface area (Å²) in [6, 6.07) is 0. The van der Waals surface area contributed by atoms with E-state index in [0.717, 1.165) is 4.57 Å². The van der Waals surface area contributed by atoms with Crippen LogP contribution in [0.25, 0.3) is 11.2 Å². The summed E-state index contributed by atoms with van der Waals surface area (Å²) in [6.07, 6.45) is -1.83. The molecule has 3 aromatic heterocycles. The Morgan fingerprint density at radius 2 is 1.83 bits per heavy atom. The zero-order valence-corrected chi connectivity index (χ0v) is 23.2. The maximum absolute atomic E-state index is 13.0. The van der Waals surface area contributed by atoms with E-state index in [9.17, 15) is 23.8 Å². The highest BCUT2D eigenvalue weighted by molar-refractivity contribution is 7.47. The maximum Gasteiger partial charge on any atom is 0.472 e. The number of nitrogens with zero attached hydrogens (tertiary/aromatic N) is 6. The van der Waals surface area contributed by atoms with Gasteiger partial charge in [-0.25, -0.2) is 24.3 Å². The lowest BCUT2D eigenvalue weighted by molar-refractivity contribution is -0.150. The Kier molecular flexibility index (Phi) is 8.04. The molecule has 0 spiro atoms. The van der Waals surface area contributed by atoms with Gasteiger partial charge in [-0.1, -0.05) is 6.92 Å². The van der Waals surface area contributed by atoms with Crippen LogP contribution in [0, 0.1) is 6.92 Å². The molecule has 5 heterocycles. The number of nitrogen functional groups attached to an aromatic ring is 1. The number of H-pyrrole nitrogens is 1. The van der Waals surface area contributed by atoms with Crippen LogP contribution >= 0.6 is 7.82 Å². The number of hydrogen-bond donors (Lipinski definition) is 3. The molecular formula is C22H29N8O10P. The Hall–Kier alpha value is -3.54. The second-order valence-electron chi connectivity index (χ2n) is 9.57. The molecule has 2 aliphatic heterocycles. The minimum absolute atomic E-state index is 0.0386. The summed E-state index contributed by atoms with van der Waals surface area (Å²) in [5, 5.41) is 0. The molecule has 0 amide bonds. The Morgan fingerprint density at radius 1 is 1.15 bits per heavy atom. The van der Waals surface area contributed by atoms with Crippen LogP contribution in [0.5, 0.6) is 0 Å². The van der Waals surface area contributed by atoms with E-state index < -0.39 is 68.5 Å². The zero-order chi connectivity index (χ0) is 29.5. The third kappa shape index (κ3) is 6.22. The first kappa shape index (κ1) is 29.0. The molecule has 0 bridgehead atoms. The zero-order valence-electron chi connectivity index (χ0n) is 22.3. The topological polar surface area (TPSA) is 238 Å². The average molecular weight is 596 g/mol. The molecule has 3 aromatic rings. The highest BCUT2D eigenvalue weighted by Crippen LogP contribution is 2.49. The van der Waals surface area contributed by atoms with Crippen molar-refractivity contribution >= 4 is 30.9 Å². The van der Waals surface area contributed by atoms with Crippen LogP contribution in [-0.4, -0.2) is 75.9 Å². The number of fused-ring (bicyclic) bond motifs is 1. The highest BCUT2D eigenvalue weighted by Gasteiger charge is 2.44. The number of carbonyl (C=O) groups excluding carboxylic acids is 1. The molecule has 19 heteroatoms. The summed E-state index contributed by atoms with van der Waals surface area (Å²) in [7, 11) is -4.69. The molecule has 222 valence electrons. The fourth-order valence-electron chi connectivity index (χ4n) is 4.87. The molecule has 18 nitrogen and oxygen atoms in total. The van der Waals surface area contributed by atoms with Gasteiger partial charge in [0.1, 0.15) is 36.8 Å². The van der Waals surface area contributed by atoms with Crippen molar-refractivity contribution in [2.45, 2.75) is 76.9 Å². The second kappa shape index (κ2) is 11.4. The van der Waals surface area contributed by atoms with Crippen molar-refractivity contribution in [2.75, 3.05) is 12.3 Å². The molecule has 7 atom stereocenters. The molecule has 2 aliphatic rings. The number of aromatic nitrogens is 7. The lowest BCUT2D eigenvalue weighted by atomic mass is 10.1. The van der Waals surface area contributed by atoms with Crippen LogP contribution in [0.4, 0.5) is 5.95 Å². The van der Waals surface area contributed by atoms with Gasteiger partial charge in [-0.2, -0.15) is 4.98 Å². The maximum atomic E-state index is 13.0. The fraction of sp³-hybridized carbons (Fsp3) is 0.591. The first-order valence-electron chi connectivity index (χ1n) is 12.7.